The second-order valence-corrected chi connectivity index (χ2v) is 16.8. The summed E-state index contributed by atoms with van der Waals surface area (Å²) in [4.78, 5) is 28.1. The molecule has 2 unspecified atom stereocenters. The summed E-state index contributed by atoms with van der Waals surface area (Å²) in [7, 11) is 0. The molecule has 4 heterocycles. The number of rotatable bonds is 8. The van der Waals surface area contributed by atoms with E-state index in [-0.39, 0.29) is 66.3 Å². The quantitative estimate of drug-likeness (QED) is 0.133. The van der Waals surface area contributed by atoms with Crippen LogP contribution in [0, 0.1) is 0 Å². The van der Waals surface area contributed by atoms with Crippen LogP contribution in [0.1, 0.15) is 59.8 Å². The maximum absolute atomic E-state index is 14.3. The van der Waals surface area contributed by atoms with Crippen molar-refractivity contribution in [2.24, 2.45) is 5.73 Å². The molecule has 2 aliphatic rings. The van der Waals surface area contributed by atoms with Gasteiger partial charge in [-0.15, -0.1) is 0 Å². The number of anilines is 2. The molecular weight excluding hydrogens is 1010 g/mol. The highest BCUT2D eigenvalue weighted by Gasteiger charge is 2.61. The number of hydrogen-bond donors (Lipinski definition) is 2. The number of benzene rings is 2. The minimum absolute atomic E-state index is 0.0618. The van der Waals surface area contributed by atoms with Crippen LogP contribution < -0.4 is 20.9 Å². The number of aromatic nitrogens is 4. The third-order valence-corrected chi connectivity index (χ3v) is 12.9. The van der Waals surface area contributed by atoms with E-state index >= 15 is 0 Å². The summed E-state index contributed by atoms with van der Waals surface area (Å²) < 4.78 is 166. The topological polar surface area (TPSA) is 113 Å². The van der Waals surface area contributed by atoms with Crippen LogP contribution in [0.5, 0.6) is 0 Å². The number of nitrogens with two attached hydrogens (primary N) is 1. The second kappa shape index (κ2) is 19.0. The van der Waals surface area contributed by atoms with E-state index in [4.69, 9.17) is 75.3 Å². The molecular formula is C37H30Cl6F12N8O. The van der Waals surface area contributed by atoms with Crippen LogP contribution in [0.2, 0.25) is 30.1 Å². The molecule has 2 fully saturated rings. The monoisotopic (exact) mass is 1040 g/mol. The lowest BCUT2D eigenvalue weighted by molar-refractivity contribution is -0.185. The third kappa shape index (κ3) is 10.5. The first kappa shape index (κ1) is 51.5. The highest BCUT2D eigenvalue weighted by molar-refractivity contribution is 6.48. The Balaban J connectivity index is 0.000000243. The fourth-order valence-electron chi connectivity index (χ4n) is 7.07. The molecule has 0 aliphatic carbocycles. The number of alkyl halides is 12. The molecule has 27 heteroatoms. The van der Waals surface area contributed by atoms with Gasteiger partial charge in [-0.25, -0.2) is 19.9 Å². The van der Waals surface area contributed by atoms with Crippen LogP contribution >= 0.6 is 69.6 Å². The van der Waals surface area contributed by atoms with Gasteiger partial charge in [0.05, 0.1) is 30.1 Å². The van der Waals surface area contributed by atoms with E-state index in [1.54, 1.807) is 0 Å². The van der Waals surface area contributed by atoms with Crippen molar-refractivity contribution in [2.75, 3.05) is 36.0 Å². The molecule has 2 atom stereocenters. The van der Waals surface area contributed by atoms with Gasteiger partial charge in [0.15, 0.2) is 11.4 Å². The predicted octanol–water partition coefficient (Wildman–Crippen LogP) is 11.8. The van der Waals surface area contributed by atoms with Crippen LogP contribution in [-0.2, 0) is 41.1 Å². The van der Waals surface area contributed by atoms with Crippen LogP contribution in [0.3, 0.4) is 0 Å². The number of hydrogen-bond acceptors (Lipinski definition) is 8. The predicted molar refractivity (Wildman–Crippen MR) is 216 cm³/mol. The van der Waals surface area contributed by atoms with E-state index < -0.39 is 109 Å². The van der Waals surface area contributed by atoms with Crippen molar-refractivity contribution in [3.63, 3.8) is 0 Å². The summed E-state index contributed by atoms with van der Waals surface area (Å²) in [5.41, 5.74) is -3.53. The number of amides is 1. The average molecular weight is 1040 g/mol. The number of carbonyl (C=O) groups is 1. The van der Waals surface area contributed by atoms with Crippen molar-refractivity contribution in [2.45, 2.75) is 74.8 Å². The third-order valence-electron chi connectivity index (χ3n) is 10.5. The SMILES string of the molecule is CCC(=O)NCc1cnc(N2CCC(c3cc(Cl)c(Cl)c(Cl)c3)(C(F)(F)F)C2)nc1C(F)(F)F.NCc1cnc(N2CCC(c3cc(Cl)c(Cl)c(Cl)c3)(C(F)(F)F)C2)nc1C(F)(F)F. The lowest BCUT2D eigenvalue weighted by Gasteiger charge is -2.32. The maximum atomic E-state index is 14.3. The molecule has 6 rings (SSSR count). The van der Waals surface area contributed by atoms with E-state index in [0.29, 0.717) is 0 Å². The molecule has 1 amide bonds. The van der Waals surface area contributed by atoms with E-state index in [2.05, 4.69) is 25.3 Å². The van der Waals surface area contributed by atoms with Gasteiger partial charge in [-0.1, -0.05) is 76.5 Å². The smallest absolute Gasteiger partial charge is 0.352 e. The van der Waals surface area contributed by atoms with Gasteiger partial charge < -0.3 is 20.9 Å². The summed E-state index contributed by atoms with van der Waals surface area (Å²) in [6, 6.07) is 4.22. The Bertz CT molecular complexity index is 2340. The van der Waals surface area contributed by atoms with Gasteiger partial charge in [0.2, 0.25) is 17.8 Å². The molecule has 0 saturated carbocycles. The summed E-state index contributed by atoms with van der Waals surface area (Å²) >= 11 is 35.4. The molecule has 2 aromatic heterocycles. The molecule has 3 N–H and O–H groups in total. The largest absolute Gasteiger partial charge is 0.433 e. The zero-order chi connectivity index (χ0) is 48.0. The van der Waals surface area contributed by atoms with Crippen molar-refractivity contribution >= 4 is 87.4 Å². The zero-order valence-corrected chi connectivity index (χ0v) is 36.8. The van der Waals surface area contributed by atoms with Gasteiger partial charge in [0.1, 0.15) is 10.8 Å². The molecule has 4 aromatic rings. The number of carbonyl (C=O) groups excluding carboxylic acids is 1. The summed E-state index contributed by atoms with van der Waals surface area (Å²) in [6.07, 6.45) is -18.5. The maximum Gasteiger partial charge on any atom is 0.433 e. The average Bonchev–Trinajstić information content (AvgIpc) is 3.88. The van der Waals surface area contributed by atoms with Crippen molar-refractivity contribution in [1.82, 2.24) is 25.3 Å². The number of halogens is 18. The zero-order valence-electron chi connectivity index (χ0n) is 32.3. The normalized spacial score (nSPS) is 19.5. The van der Waals surface area contributed by atoms with Crippen molar-refractivity contribution in [3.8, 4) is 0 Å². The first-order valence-corrected chi connectivity index (χ1v) is 20.5. The van der Waals surface area contributed by atoms with E-state index in [1.807, 2.05) is 0 Å². The minimum Gasteiger partial charge on any atom is -0.352 e. The molecule has 9 nitrogen and oxygen atoms in total. The molecule has 350 valence electrons. The highest BCUT2D eigenvalue weighted by atomic mass is 35.5. The highest BCUT2D eigenvalue weighted by Crippen LogP contribution is 2.52. The molecule has 0 bridgehead atoms. The van der Waals surface area contributed by atoms with Crippen LogP contribution in [0.25, 0.3) is 0 Å². The molecule has 64 heavy (non-hydrogen) atoms. The van der Waals surface area contributed by atoms with Crippen LogP contribution in [0.4, 0.5) is 64.6 Å². The second-order valence-electron chi connectivity index (χ2n) is 14.4. The minimum atomic E-state index is -4.91. The molecule has 0 radical (unpaired) electrons. The number of nitrogens with one attached hydrogen (secondary N) is 1. The summed E-state index contributed by atoms with van der Waals surface area (Å²) in [5, 5.41) is 1.42. The Morgan fingerprint density at radius 2 is 1.02 bits per heavy atom. The Labute approximate surface area is 385 Å². The van der Waals surface area contributed by atoms with Crippen molar-refractivity contribution in [1.29, 1.82) is 0 Å². The van der Waals surface area contributed by atoms with Crippen LogP contribution in [-0.4, -0.2) is 64.4 Å². The molecule has 2 aromatic carbocycles. The molecule has 0 spiro atoms. The lowest BCUT2D eigenvalue weighted by atomic mass is 9.79. The first-order chi connectivity index (χ1) is 29.5. The molecule has 2 saturated heterocycles. The van der Waals surface area contributed by atoms with E-state index in [0.717, 1.165) is 46.5 Å². The van der Waals surface area contributed by atoms with Gasteiger partial charge in [0, 0.05) is 69.2 Å². The van der Waals surface area contributed by atoms with Crippen LogP contribution in [0.15, 0.2) is 36.7 Å². The van der Waals surface area contributed by atoms with Crippen molar-refractivity contribution < 1.29 is 57.5 Å². The Morgan fingerprint density at radius 1 is 0.656 bits per heavy atom. The van der Waals surface area contributed by atoms with E-state index in [9.17, 15) is 57.5 Å². The standard InChI is InChI=1S/C20H17Cl3F6N4O.C17H13Cl3F6N4/c1-2-14(34)30-7-10-8-31-17(32-16(10)19(24,25)26)33-4-3-18(9-33,20(27,28)29)11-5-12(21)15(23)13(22)6-11;18-10-3-9(4-11(19)12(10)20)15(17(24,25)26)1-2-30(7-15)14-28-6-8(5-27)13(29-14)16(21,22)23/h5-6,8H,2-4,7,9H2,1H3,(H,30,34);3-4,6H,1-2,5,7,27H2. The first-order valence-electron chi connectivity index (χ1n) is 18.3. The molecule has 2 aliphatic heterocycles. The number of nitrogens with zero attached hydrogens (tertiary/aromatic N) is 6. The van der Waals surface area contributed by atoms with Gasteiger partial charge >= 0.3 is 24.7 Å². The Morgan fingerprint density at radius 3 is 1.34 bits per heavy atom. The fourth-order valence-corrected chi connectivity index (χ4v) is 8.27. The Hall–Kier alpha value is -3.47. The van der Waals surface area contributed by atoms with Gasteiger partial charge in [0.25, 0.3) is 0 Å². The summed E-state index contributed by atoms with van der Waals surface area (Å²) in [6.45, 7) is -1.41. The van der Waals surface area contributed by atoms with E-state index in [1.165, 1.54) is 6.92 Å². The summed E-state index contributed by atoms with van der Waals surface area (Å²) in [5.74, 6) is -1.47. The van der Waals surface area contributed by atoms with Crippen molar-refractivity contribution in [3.05, 3.63) is 100 Å². The fraction of sp³-hybridized carbons (Fsp3) is 0.432. The Kier molecular flexibility index (Phi) is 15.3. The van der Waals surface area contributed by atoms with Gasteiger partial charge in [-0.05, 0) is 48.2 Å². The van der Waals surface area contributed by atoms with Gasteiger partial charge in [-0.3, -0.25) is 4.79 Å². The van der Waals surface area contributed by atoms with Gasteiger partial charge in [-0.2, -0.15) is 52.7 Å². The lowest BCUT2D eigenvalue weighted by Crippen LogP contribution is -2.45.